The first kappa shape index (κ1) is 60.0. The molecule has 380 valence electrons. The Morgan fingerprint density at radius 1 is 0.362 bits per heavy atom. The smallest absolute Gasteiger partial charge is 0.162 e. The Bertz CT molecular complexity index is 2180. The molecule has 2 aliphatic heterocycles. The minimum Gasteiger partial charge on any atom is -0.495 e. The van der Waals surface area contributed by atoms with Crippen molar-refractivity contribution >= 4 is 61.0 Å². The number of anilines is 2. The minimum atomic E-state index is 0. The maximum Gasteiger partial charge on any atom is 0.162 e. The average Bonchev–Trinajstić information content (AvgIpc) is 4.11. The number of aryl methyl sites for hydroxylation is 2. The van der Waals surface area contributed by atoms with Gasteiger partial charge in [0.05, 0.1) is 65.4 Å². The molecular formula is C52H72Cl4N6O7. The van der Waals surface area contributed by atoms with Crippen LogP contribution < -0.4 is 38.2 Å². The van der Waals surface area contributed by atoms with Crippen LogP contribution >= 0.6 is 49.6 Å². The summed E-state index contributed by atoms with van der Waals surface area (Å²) >= 11 is 0. The number of hydrogen-bond acceptors (Lipinski definition) is 10. The molecule has 2 aliphatic rings. The van der Waals surface area contributed by atoms with Crippen LogP contribution in [0.4, 0.5) is 11.4 Å². The third-order valence-electron chi connectivity index (χ3n) is 12.4. The van der Waals surface area contributed by atoms with Crippen molar-refractivity contribution in [3.8, 4) is 45.9 Å². The molecule has 0 atom stereocenters. The molecule has 0 aliphatic carbocycles. The summed E-state index contributed by atoms with van der Waals surface area (Å²) < 4.78 is 37.5. The van der Waals surface area contributed by atoms with Crippen LogP contribution in [0, 0.1) is 0 Å². The van der Waals surface area contributed by atoms with Crippen molar-refractivity contribution < 1.29 is 33.9 Å². The summed E-state index contributed by atoms with van der Waals surface area (Å²) in [5, 5.41) is 0. The lowest BCUT2D eigenvalue weighted by molar-refractivity contribution is 0.254. The molecule has 0 radical (unpaired) electrons. The van der Waals surface area contributed by atoms with Gasteiger partial charge in [0.25, 0.3) is 0 Å². The van der Waals surface area contributed by atoms with Gasteiger partial charge in [-0.2, -0.15) is 0 Å². The van der Waals surface area contributed by atoms with E-state index in [9.17, 15) is 0 Å². The van der Waals surface area contributed by atoms with E-state index >= 15 is 0 Å². The van der Waals surface area contributed by atoms with Crippen molar-refractivity contribution in [1.82, 2.24) is 18.9 Å². The van der Waals surface area contributed by atoms with Crippen LogP contribution in [0.3, 0.4) is 0 Å². The molecule has 0 saturated carbocycles. The molecule has 4 heterocycles. The van der Waals surface area contributed by atoms with Crippen LogP contribution in [0.15, 0.2) is 122 Å². The number of halogens is 4. The Hall–Kier alpha value is -5.12. The number of aromatic nitrogens is 2. The molecule has 8 rings (SSSR count). The van der Waals surface area contributed by atoms with Crippen molar-refractivity contribution in [2.75, 3.05) is 118 Å². The molecule has 0 bridgehead atoms. The van der Waals surface area contributed by atoms with Crippen LogP contribution in [0.25, 0.3) is 11.4 Å². The zero-order chi connectivity index (χ0) is 44.7. The van der Waals surface area contributed by atoms with Crippen LogP contribution in [0.1, 0.15) is 24.0 Å². The van der Waals surface area contributed by atoms with Crippen LogP contribution in [-0.4, -0.2) is 133 Å². The Labute approximate surface area is 434 Å². The van der Waals surface area contributed by atoms with Gasteiger partial charge >= 0.3 is 0 Å². The maximum atomic E-state index is 5.56. The SMILES string of the molecule is COc1cc(CCCN2CCN(c3ccccc3OC)CC2)c(-n2cccc2)cc1OC.COc1cc(CCCN2CCN(c3ccccc3OC)CC2)c(-n2cccc2)cc1OC.Cl.Cl.Cl.Cl.O. The predicted molar refractivity (Wildman–Crippen MR) is 290 cm³/mol. The van der Waals surface area contributed by atoms with Gasteiger partial charge in [0.1, 0.15) is 11.5 Å². The molecule has 2 aromatic heterocycles. The van der Waals surface area contributed by atoms with Crippen LogP contribution in [0.2, 0.25) is 0 Å². The van der Waals surface area contributed by atoms with Crippen LogP contribution in [0.5, 0.6) is 34.5 Å². The summed E-state index contributed by atoms with van der Waals surface area (Å²) in [6, 6.07) is 33.1. The highest BCUT2D eigenvalue weighted by Crippen LogP contribution is 2.35. The molecule has 2 fully saturated rings. The number of rotatable bonds is 18. The van der Waals surface area contributed by atoms with Gasteiger partial charge in [-0.15, -0.1) is 49.6 Å². The fraction of sp³-hybridized carbons (Fsp3) is 0.385. The zero-order valence-electron chi connectivity index (χ0n) is 40.7. The van der Waals surface area contributed by atoms with Gasteiger partial charge in [-0.1, -0.05) is 24.3 Å². The molecule has 17 heteroatoms. The second-order valence-electron chi connectivity index (χ2n) is 16.1. The molecule has 4 aromatic carbocycles. The van der Waals surface area contributed by atoms with Gasteiger partial charge < -0.3 is 52.8 Å². The summed E-state index contributed by atoms with van der Waals surface area (Å²) in [5.74, 6) is 4.98. The van der Waals surface area contributed by atoms with Crippen molar-refractivity contribution in [3.05, 3.63) is 133 Å². The molecule has 0 spiro atoms. The van der Waals surface area contributed by atoms with Crippen molar-refractivity contribution in [1.29, 1.82) is 0 Å². The fourth-order valence-corrected chi connectivity index (χ4v) is 8.89. The van der Waals surface area contributed by atoms with E-state index in [2.05, 4.69) is 102 Å². The van der Waals surface area contributed by atoms with Gasteiger partial charge in [-0.05, 0) is 111 Å². The van der Waals surface area contributed by atoms with E-state index in [4.69, 9.17) is 28.4 Å². The van der Waals surface area contributed by atoms with Gasteiger partial charge in [0.15, 0.2) is 23.0 Å². The molecule has 2 saturated heterocycles. The highest BCUT2D eigenvalue weighted by atomic mass is 35.5. The summed E-state index contributed by atoms with van der Waals surface area (Å²) in [6.07, 6.45) is 12.4. The number of hydrogen-bond donors (Lipinski definition) is 0. The highest BCUT2D eigenvalue weighted by molar-refractivity contribution is 5.86. The van der Waals surface area contributed by atoms with E-state index in [0.717, 1.165) is 137 Å². The normalized spacial score (nSPS) is 13.4. The molecule has 13 nitrogen and oxygen atoms in total. The lowest BCUT2D eigenvalue weighted by atomic mass is 10.1. The number of para-hydroxylation sites is 4. The summed E-state index contributed by atoms with van der Waals surface area (Å²) in [5.41, 5.74) is 7.22. The van der Waals surface area contributed by atoms with Crippen molar-refractivity contribution in [2.24, 2.45) is 0 Å². The lowest BCUT2D eigenvalue weighted by Crippen LogP contribution is -2.46. The molecule has 0 unspecified atom stereocenters. The van der Waals surface area contributed by atoms with E-state index in [1.165, 1.54) is 22.5 Å². The molecular weight excluding hydrogens is 962 g/mol. The van der Waals surface area contributed by atoms with Gasteiger partial charge in [-0.25, -0.2) is 0 Å². The number of piperazine rings is 2. The molecule has 2 N–H and O–H groups in total. The third-order valence-corrected chi connectivity index (χ3v) is 12.4. The average molecular weight is 1030 g/mol. The topological polar surface area (TPSA) is 110 Å². The summed E-state index contributed by atoms with van der Waals surface area (Å²) in [7, 11) is 10.2. The lowest BCUT2D eigenvalue weighted by Gasteiger charge is -2.36. The summed E-state index contributed by atoms with van der Waals surface area (Å²) in [6.45, 7) is 10.5. The fourth-order valence-electron chi connectivity index (χ4n) is 8.89. The summed E-state index contributed by atoms with van der Waals surface area (Å²) in [4.78, 5) is 9.96. The zero-order valence-corrected chi connectivity index (χ0v) is 44.0. The van der Waals surface area contributed by atoms with E-state index in [1.54, 1.807) is 42.7 Å². The number of nitrogens with zero attached hydrogens (tertiary/aromatic N) is 6. The monoisotopic (exact) mass is 1030 g/mol. The Morgan fingerprint density at radius 3 is 0.986 bits per heavy atom. The van der Waals surface area contributed by atoms with Crippen molar-refractivity contribution in [3.63, 3.8) is 0 Å². The number of methoxy groups -OCH3 is 6. The van der Waals surface area contributed by atoms with E-state index in [0.29, 0.717) is 0 Å². The first-order valence-electron chi connectivity index (χ1n) is 22.4. The van der Waals surface area contributed by atoms with Gasteiger partial charge in [0.2, 0.25) is 0 Å². The third kappa shape index (κ3) is 15.4. The quantitative estimate of drug-likeness (QED) is 0.0827. The maximum absolute atomic E-state index is 5.56. The van der Waals surface area contributed by atoms with Crippen LogP contribution in [-0.2, 0) is 12.8 Å². The second kappa shape index (κ2) is 30.5. The van der Waals surface area contributed by atoms with E-state index in [-0.39, 0.29) is 55.1 Å². The Morgan fingerprint density at radius 2 is 0.667 bits per heavy atom. The number of ether oxygens (including phenoxy) is 6. The first-order chi connectivity index (χ1) is 31.5. The standard InChI is InChI=1S/2C26H33N3O3.4ClH.H2O/c2*1-30-24-11-5-4-10-22(24)29-17-15-27(16-18-29)12-8-9-21-19-25(31-2)26(32-3)20-23(21)28-13-6-7-14-28;;;;;/h2*4-7,10-11,13-14,19-20H,8-9,12,15-18H2,1-3H3;4*1H;1H2. The molecule has 0 amide bonds. The predicted octanol–water partition coefficient (Wildman–Crippen LogP) is 9.38. The Balaban J connectivity index is 0.000000441. The molecule has 6 aromatic rings. The van der Waals surface area contributed by atoms with E-state index < -0.39 is 0 Å². The van der Waals surface area contributed by atoms with Crippen molar-refractivity contribution in [2.45, 2.75) is 25.7 Å². The first-order valence-corrected chi connectivity index (χ1v) is 22.4. The number of benzene rings is 4. The van der Waals surface area contributed by atoms with E-state index in [1.807, 2.05) is 48.5 Å². The molecule has 69 heavy (non-hydrogen) atoms. The Kier molecular flexibility index (Phi) is 26.5. The largest absolute Gasteiger partial charge is 0.495 e. The van der Waals surface area contributed by atoms with Gasteiger partial charge in [-0.3, -0.25) is 9.80 Å². The van der Waals surface area contributed by atoms with Gasteiger partial charge in [0, 0.05) is 89.3 Å². The highest BCUT2D eigenvalue weighted by Gasteiger charge is 2.22. The second-order valence-corrected chi connectivity index (χ2v) is 16.1. The minimum absolute atomic E-state index is 0.